The van der Waals surface area contributed by atoms with Crippen LogP contribution in [0, 0.1) is 17.8 Å². The molecule has 1 aliphatic rings. The van der Waals surface area contributed by atoms with E-state index >= 15 is 0 Å². The summed E-state index contributed by atoms with van der Waals surface area (Å²) in [6.07, 6.45) is 1.66. The van der Waals surface area contributed by atoms with Crippen molar-refractivity contribution in [3.05, 3.63) is 35.9 Å². The van der Waals surface area contributed by atoms with Gasteiger partial charge in [0.25, 0.3) is 0 Å². The topological polar surface area (TPSA) is 88.1 Å². The monoisotopic (exact) mass is 490 g/mol. The summed E-state index contributed by atoms with van der Waals surface area (Å²) < 4.78 is 11.5. The molecule has 0 aliphatic carbocycles. The third-order valence-corrected chi connectivity index (χ3v) is 7.97. The molecule has 1 aromatic carbocycles. The lowest BCUT2D eigenvalue weighted by Gasteiger charge is -2.36. The molecule has 8 atom stereocenters. The quantitative estimate of drug-likeness (QED) is 0.437. The Labute approximate surface area is 211 Å². The van der Waals surface area contributed by atoms with Crippen molar-refractivity contribution in [3.63, 3.8) is 0 Å². The maximum Gasteiger partial charge on any atom is 0.225 e. The highest BCUT2D eigenvalue weighted by Crippen LogP contribution is 2.29. The molecule has 0 radical (unpaired) electrons. The van der Waals surface area contributed by atoms with Gasteiger partial charge < -0.3 is 24.8 Å². The molecule has 1 fully saturated rings. The molecule has 7 heteroatoms. The van der Waals surface area contributed by atoms with Gasteiger partial charge in [-0.15, -0.1) is 0 Å². The predicted molar refractivity (Wildman–Crippen MR) is 138 cm³/mol. The van der Waals surface area contributed by atoms with Crippen molar-refractivity contribution in [2.75, 3.05) is 20.8 Å². The third-order valence-electron chi connectivity index (χ3n) is 7.97. The lowest BCUT2D eigenvalue weighted by molar-refractivity contribution is -0.143. The van der Waals surface area contributed by atoms with Crippen LogP contribution >= 0.6 is 0 Å². The SMILES string of the molecule is CC[C@H](C)[C@H](C)C(CC(=O)N1CCC[C@H]1C(OC)[C@@H](C)C(=O)NC(C)[C@@H](O)c1ccccc1)OC. The normalized spacial score (nSPS) is 22.1. The molecular weight excluding hydrogens is 444 g/mol. The van der Waals surface area contributed by atoms with Crippen LogP contribution < -0.4 is 5.32 Å². The number of aliphatic hydroxyl groups is 1. The second-order valence-electron chi connectivity index (χ2n) is 10.2. The zero-order valence-electron chi connectivity index (χ0n) is 22.6. The molecule has 1 heterocycles. The zero-order chi connectivity index (χ0) is 26.1. The minimum Gasteiger partial charge on any atom is -0.386 e. The first-order chi connectivity index (χ1) is 16.7. The zero-order valence-corrected chi connectivity index (χ0v) is 22.6. The van der Waals surface area contributed by atoms with E-state index in [1.165, 1.54) is 0 Å². The van der Waals surface area contributed by atoms with Crippen molar-refractivity contribution in [3.8, 4) is 0 Å². The Morgan fingerprint density at radius 3 is 2.34 bits per heavy atom. The number of hydrogen-bond acceptors (Lipinski definition) is 5. The average molecular weight is 491 g/mol. The summed E-state index contributed by atoms with van der Waals surface area (Å²) in [5, 5.41) is 13.6. The van der Waals surface area contributed by atoms with E-state index in [9.17, 15) is 14.7 Å². The maximum absolute atomic E-state index is 13.3. The van der Waals surface area contributed by atoms with E-state index in [1.807, 2.05) is 42.2 Å². The predicted octanol–water partition coefficient (Wildman–Crippen LogP) is 3.95. The standard InChI is InChI=1S/C28H46N2O5/c1-8-18(2)19(3)24(34-6)17-25(31)30-16-12-15-23(30)27(35-7)20(4)28(33)29-21(5)26(32)22-13-10-9-11-14-22/h9-11,13-14,18-21,23-24,26-27,32H,8,12,15-17H2,1-7H3,(H,29,33)/t18-,19-,20+,21?,23-,24?,26+,27?/m0/s1. The van der Waals surface area contributed by atoms with Gasteiger partial charge in [-0.25, -0.2) is 0 Å². The number of nitrogens with one attached hydrogen (secondary N) is 1. The van der Waals surface area contributed by atoms with Gasteiger partial charge in [0.05, 0.1) is 42.7 Å². The molecule has 0 aromatic heterocycles. The lowest BCUT2D eigenvalue weighted by Crippen LogP contribution is -2.51. The van der Waals surface area contributed by atoms with Crippen molar-refractivity contribution in [1.29, 1.82) is 0 Å². The van der Waals surface area contributed by atoms with Crippen LogP contribution in [-0.2, 0) is 19.1 Å². The Bertz CT molecular complexity index is 789. The minimum absolute atomic E-state index is 0.0528. The summed E-state index contributed by atoms with van der Waals surface area (Å²) in [6.45, 7) is 10.8. The van der Waals surface area contributed by atoms with Gasteiger partial charge in [-0.1, -0.05) is 64.4 Å². The number of methoxy groups -OCH3 is 2. The third kappa shape index (κ3) is 7.51. The van der Waals surface area contributed by atoms with Crippen LogP contribution in [0.4, 0.5) is 0 Å². The maximum atomic E-state index is 13.3. The number of carbonyl (C=O) groups is 2. The van der Waals surface area contributed by atoms with Crippen LogP contribution in [-0.4, -0.2) is 66.9 Å². The van der Waals surface area contributed by atoms with Crippen molar-refractivity contribution in [2.24, 2.45) is 17.8 Å². The summed E-state index contributed by atoms with van der Waals surface area (Å²) in [6, 6.07) is 8.66. The fraction of sp³-hybridized carbons (Fsp3) is 0.714. The molecule has 2 amide bonds. The van der Waals surface area contributed by atoms with Gasteiger partial charge in [-0.2, -0.15) is 0 Å². The van der Waals surface area contributed by atoms with E-state index < -0.39 is 24.2 Å². The smallest absolute Gasteiger partial charge is 0.225 e. The van der Waals surface area contributed by atoms with Gasteiger partial charge in [0, 0.05) is 20.8 Å². The molecule has 198 valence electrons. The van der Waals surface area contributed by atoms with Crippen molar-refractivity contribution >= 4 is 11.8 Å². The number of carbonyl (C=O) groups excluding carboxylic acids is 2. The van der Waals surface area contributed by atoms with E-state index in [1.54, 1.807) is 21.1 Å². The number of rotatable bonds is 13. The number of amides is 2. The van der Waals surface area contributed by atoms with Crippen LogP contribution in [0.2, 0.25) is 0 Å². The van der Waals surface area contributed by atoms with Crippen LogP contribution in [0.25, 0.3) is 0 Å². The van der Waals surface area contributed by atoms with Gasteiger partial charge in [0.15, 0.2) is 0 Å². The van der Waals surface area contributed by atoms with Crippen LogP contribution in [0.3, 0.4) is 0 Å². The Hall–Kier alpha value is -1.96. The van der Waals surface area contributed by atoms with Gasteiger partial charge in [-0.05, 0) is 37.2 Å². The second-order valence-corrected chi connectivity index (χ2v) is 10.2. The van der Waals surface area contributed by atoms with Crippen molar-refractivity contribution < 1.29 is 24.2 Å². The highest BCUT2D eigenvalue weighted by atomic mass is 16.5. The lowest BCUT2D eigenvalue weighted by atomic mass is 9.87. The van der Waals surface area contributed by atoms with E-state index in [-0.39, 0.29) is 29.9 Å². The molecular formula is C28H46N2O5. The van der Waals surface area contributed by atoms with E-state index in [4.69, 9.17) is 9.47 Å². The molecule has 1 aromatic rings. The molecule has 2 rings (SSSR count). The van der Waals surface area contributed by atoms with E-state index in [0.29, 0.717) is 18.9 Å². The Morgan fingerprint density at radius 1 is 1.11 bits per heavy atom. The van der Waals surface area contributed by atoms with Gasteiger partial charge in [0.2, 0.25) is 11.8 Å². The molecule has 7 nitrogen and oxygen atoms in total. The summed E-state index contributed by atoms with van der Waals surface area (Å²) >= 11 is 0. The molecule has 0 saturated carbocycles. The largest absolute Gasteiger partial charge is 0.386 e. The Morgan fingerprint density at radius 2 is 1.77 bits per heavy atom. The molecule has 2 N–H and O–H groups in total. The fourth-order valence-electron chi connectivity index (χ4n) is 5.17. The minimum atomic E-state index is -0.809. The highest BCUT2D eigenvalue weighted by molar-refractivity contribution is 5.80. The fourth-order valence-corrected chi connectivity index (χ4v) is 5.17. The molecule has 0 spiro atoms. The number of nitrogens with zero attached hydrogens (tertiary/aromatic N) is 1. The average Bonchev–Trinajstić information content (AvgIpc) is 3.36. The summed E-state index contributed by atoms with van der Waals surface area (Å²) in [7, 11) is 3.27. The Balaban J connectivity index is 2.05. The summed E-state index contributed by atoms with van der Waals surface area (Å²) in [5.41, 5.74) is 0.753. The first-order valence-electron chi connectivity index (χ1n) is 13.0. The number of hydrogen-bond donors (Lipinski definition) is 2. The molecule has 35 heavy (non-hydrogen) atoms. The number of benzene rings is 1. The van der Waals surface area contributed by atoms with Gasteiger partial charge in [-0.3, -0.25) is 9.59 Å². The number of ether oxygens (including phenoxy) is 2. The van der Waals surface area contributed by atoms with Crippen molar-refractivity contribution in [2.45, 2.75) is 90.7 Å². The van der Waals surface area contributed by atoms with Crippen LogP contribution in [0.1, 0.15) is 72.0 Å². The first kappa shape index (κ1) is 29.3. The van der Waals surface area contributed by atoms with Crippen molar-refractivity contribution in [1.82, 2.24) is 10.2 Å². The molecule has 3 unspecified atom stereocenters. The van der Waals surface area contributed by atoms with Gasteiger partial charge in [0.1, 0.15) is 0 Å². The molecule has 1 saturated heterocycles. The Kier molecular flexibility index (Phi) is 11.7. The second kappa shape index (κ2) is 14.0. The van der Waals surface area contributed by atoms with Crippen LogP contribution in [0.15, 0.2) is 30.3 Å². The number of aliphatic hydroxyl groups excluding tert-OH is 1. The first-order valence-corrected chi connectivity index (χ1v) is 13.0. The van der Waals surface area contributed by atoms with Gasteiger partial charge >= 0.3 is 0 Å². The van der Waals surface area contributed by atoms with E-state index in [2.05, 4.69) is 26.1 Å². The highest BCUT2D eigenvalue weighted by Gasteiger charge is 2.41. The van der Waals surface area contributed by atoms with Crippen LogP contribution in [0.5, 0.6) is 0 Å². The molecule has 1 aliphatic heterocycles. The summed E-state index contributed by atoms with van der Waals surface area (Å²) in [4.78, 5) is 28.3. The van der Waals surface area contributed by atoms with E-state index in [0.717, 1.165) is 24.8 Å². The number of likely N-dealkylation sites (tertiary alicyclic amines) is 1. The molecule has 0 bridgehead atoms. The summed E-state index contributed by atoms with van der Waals surface area (Å²) in [5.74, 6) is 0.109.